The Kier molecular flexibility index (Phi) is 7.23. The molecule has 2 saturated heterocycles. The van der Waals surface area contributed by atoms with Gasteiger partial charge in [-0.05, 0) is 67.9 Å². The standard InChI is InChI=1S/C25H29F2N3O3/c26-20-3-1-19(2-4-20)25(9-11-28-12-10-25)17-23(33-18-31)24(32)30-15-13-29(14-16-30)22-7-5-21(27)6-8-22/h1-8,18,23,28H,9-17H2. The summed E-state index contributed by atoms with van der Waals surface area (Å²) in [4.78, 5) is 28.5. The lowest BCUT2D eigenvalue weighted by molar-refractivity contribution is -0.153. The fraction of sp³-hybridized carbons (Fsp3) is 0.440. The van der Waals surface area contributed by atoms with E-state index in [9.17, 15) is 18.4 Å². The van der Waals surface area contributed by atoms with Crippen molar-refractivity contribution in [2.45, 2.75) is 30.8 Å². The second kappa shape index (κ2) is 10.3. The minimum absolute atomic E-state index is 0.208. The molecule has 1 atom stereocenters. The van der Waals surface area contributed by atoms with Crippen LogP contribution in [0.1, 0.15) is 24.8 Å². The molecular weight excluding hydrogens is 428 g/mol. The first kappa shape index (κ1) is 23.2. The molecule has 2 fully saturated rings. The van der Waals surface area contributed by atoms with Gasteiger partial charge in [0.2, 0.25) is 0 Å². The van der Waals surface area contributed by atoms with E-state index < -0.39 is 6.10 Å². The van der Waals surface area contributed by atoms with E-state index in [1.165, 1.54) is 24.3 Å². The Morgan fingerprint density at radius 1 is 0.970 bits per heavy atom. The number of carbonyl (C=O) groups excluding carboxylic acids is 2. The summed E-state index contributed by atoms with van der Waals surface area (Å²) in [6.45, 7) is 4.08. The normalized spacial score (nSPS) is 19.1. The molecule has 2 aromatic carbocycles. The summed E-state index contributed by atoms with van der Waals surface area (Å²) in [5.74, 6) is -0.797. The number of hydrogen-bond acceptors (Lipinski definition) is 5. The van der Waals surface area contributed by atoms with Crippen LogP contribution in [0.5, 0.6) is 0 Å². The lowest BCUT2D eigenvalue weighted by Crippen LogP contribution is -2.53. The van der Waals surface area contributed by atoms with E-state index in [4.69, 9.17) is 4.74 Å². The smallest absolute Gasteiger partial charge is 0.293 e. The number of nitrogens with one attached hydrogen (secondary N) is 1. The molecule has 0 bridgehead atoms. The summed E-state index contributed by atoms with van der Waals surface area (Å²) < 4.78 is 32.1. The van der Waals surface area contributed by atoms with E-state index in [-0.39, 0.29) is 23.0 Å². The van der Waals surface area contributed by atoms with E-state index >= 15 is 0 Å². The number of rotatable bonds is 7. The Labute approximate surface area is 192 Å². The molecular formula is C25H29F2N3O3. The maximum Gasteiger partial charge on any atom is 0.293 e. The number of nitrogens with zero attached hydrogens (tertiary/aromatic N) is 2. The van der Waals surface area contributed by atoms with Gasteiger partial charge in [0.15, 0.2) is 6.10 Å². The van der Waals surface area contributed by atoms with Gasteiger partial charge in [-0.3, -0.25) is 9.59 Å². The second-order valence-corrected chi connectivity index (χ2v) is 8.75. The Hall–Kier alpha value is -3.00. The molecule has 6 nitrogen and oxygen atoms in total. The van der Waals surface area contributed by atoms with Crippen LogP contribution in [0.4, 0.5) is 14.5 Å². The highest BCUT2D eigenvalue weighted by molar-refractivity contribution is 5.82. The van der Waals surface area contributed by atoms with Crippen molar-refractivity contribution in [3.05, 3.63) is 65.7 Å². The summed E-state index contributed by atoms with van der Waals surface area (Å²) in [5, 5.41) is 3.33. The van der Waals surface area contributed by atoms with Crippen molar-refractivity contribution in [2.75, 3.05) is 44.2 Å². The molecule has 0 saturated carbocycles. The van der Waals surface area contributed by atoms with Gasteiger partial charge in [0, 0.05) is 43.7 Å². The van der Waals surface area contributed by atoms with Crippen LogP contribution in [0.25, 0.3) is 0 Å². The molecule has 0 radical (unpaired) electrons. The number of piperidine rings is 1. The molecule has 2 aliphatic heterocycles. The van der Waals surface area contributed by atoms with Crippen LogP contribution in [0.3, 0.4) is 0 Å². The number of carbonyl (C=O) groups is 2. The van der Waals surface area contributed by atoms with Gasteiger partial charge >= 0.3 is 0 Å². The second-order valence-electron chi connectivity index (χ2n) is 8.75. The first-order valence-corrected chi connectivity index (χ1v) is 11.4. The van der Waals surface area contributed by atoms with Crippen LogP contribution in [0, 0.1) is 11.6 Å². The minimum atomic E-state index is -0.900. The zero-order valence-electron chi connectivity index (χ0n) is 18.5. The summed E-state index contributed by atoms with van der Waals surface area (Å²) in [7, 11) is 0. The Morgan fingerprint density at radius 2 is 1.55 bits per heavy atom. The molecule has 0 aliphatic carbocycles. The van der Waals surface area contributed by atoms with Crippen molar-refractivity contribution in [1.29, 1.82) is 0 Å². The molecule has 2 heterocycles. The van der Waals surface area contributed by atoms with E-state index in [0.29, 0.717) is 39.1 Å². The van der Waals surface area contributed by atoms with Crippen molar-refractivity contribution < 1.29 is 23.1 Å². The fourth-order valence-electron chi connectivity index (χ4n) is 4.98. The lowest BCUT2D eigenvalue weighted by atomic mass is 9.69. The predicted octanol–water partition coefficient (Wildman–Crippen LogP) is 2.87. The number of hydrogen-bond donors (Lipinski definition) is 1. The third kappa shape index (κ3) is 5.33. The quantitative estimate of drug-likeness (QED) is 0.648. The summed E-state index contributed by atoms with van der Waals surface area (Å²) >= 11 is 0. The first-order chi connectivity index (χ1) is 16.0. The van der Waals surface area contributed by atoms with Gasteiger partial charge in [-0.25, -0.2) is 8.78 Å². The summed E-state index contributed by atoms with van der Waals surface area (Å²) in [5.41, 5.74) is 1.49. The zero-order valence-corrected chi connectivity index (χ0v) is 18.5. The Bertz CT molecular complexity index is 938. The maximum absolute atomic E-state index is 13.5. The predicted molar refractivity (Wildman–Crippen MR) is 121 cm³/mol. The fourth-order valence-corrected chi connectivity index (χ4v) is 4.98. The number of benzene rings is 2. The topological polar surface area (TPSA) is 61.9 Å². The highest BCUT2D eigenvalue weighted by atomic mass is 19.1. The van der Waals surface area contributed by atoms with Gasteiger partial charge < -0.3 is 19.9 Å². The van der Waals surface area contributed by atoms with Gasteiger partial charge in [-0.15, -0.1) is 0 Å². The van der Waals surface area contributed by atoms with Gasteiger partial charge in [0.1, 0.15) is 11.6 Å². The largest absolute Gasteiger partial charge is 0.454 e. The molecule has 1 N–H and O–H groups in total. The van der Waals surface area contributed by atoms with E-state index in [0.717, 1.165) is 37.2 Å². The van der Waals surface area contributed by atoms with Gasteiger partial charge in [0.05, 0.1) is 0 Å². The van der Waals surface area contributed by atoms with Gasteiger partial charge in [0.25, 0.3) is 12.4 Å². The van der Waals surface area contributed by atoms with Crippen molar-refractivity contribution in [3.8, 4) is 0 Å². The van der Waals surface area contributed by atoms with Crippen LogP contribution in [0.2, 0.25) is 0 Å². The minimum Gasteiger partial charge on any atom is -0.454 e. The number of piperazine rings is 1. The van der Waals surface area contributed by atoms with E-state index in [2.05, 4.69) is 10.2 Å². The highest BCUT2D eigenvalue weighted by Crippen LogP contribution is 2.39. The van der Waals surface area contributed by atoms with Gasteiger partial charge in [-0.1, -0.05) is 12.1 Å². The van der Waals surface area contributed by atoms with Crippen molar-refractivity contribution in [1.82, 2.24) is 10.2 Å². The molecule has 2 aliphatic rings. The third-order valence-electron chi connectivity index (χ3n) is 6.87. The molecule has 176 valence electrons. The SMILES string of the molecule is O=COC(CC1(c2ccc(F)cc2)CCNCC1)C(=O)N1CCN(c2ccc(F)cc2)CC1. The van der Waals surface area contributed by atoms with Crippen LogP contribution in [-0.4, -0.2) is 62.7 Å². The highest BCUT2D eigenvalue weighted by Gasteiger charge is 2.40. The monoisotopic (exact) mass is 457 g/mol. The molecule has 1 unspecified atom stereocenters. The maximum atomic E-state index is 13.5. The molecule has 1 amide bonds. The molecule has 33 heavy (non-hydrogen) atoms. The van der Waals surface area contributed by atoms with Crippen molar-refractivity contribution in [3.63, 3.8) is 0 Å². The number of ether oxygens (including phenoxy) is 1. The Morgan fingerprint density at radius 3 is 2.12 bits per heavy atom. The average Bonchev–Trinajstić information content (AvgIpc) is 2.85. The molecule has 2 aromatic rings. The van der Waals surface area contributed by atoms with Crippen LogP contribution in [-0.2, 0) is 19.7 Å². The first-order valence-electron chi connectivity index (χ1n) is 11.4. The number of anilines is 1. The lowest BCUT2D eigenvalue weighted by Gasteiger charge is -2.42. The molecule has 4 rings (SSSR count). The molecule has 0 spiro atoms. The third-order valence-corrected chi connectivity index (χ3v) is 6.87. The van der Waals surface area contributed by atoms with E-state index in [1.54, 1.807) is 29.2 Å². The Balaban J connectivity index is 1.46. The average molecular weight is 458 g/mol. The van der Waals surface area contributed by atoms with Crippen molar-refractivity contribution >= 4 is 18.1 Å². The van der Waals surface area contributed by atoms with Crippen LogP contribution < -0.4 is 10.2 Å². The number of amides is 1. The van der Waals surface area contributed by atoms with Crippen molar-refractivity contribution in [2.24, 2.45) is 0 Å². The van der Waals surface area contributed by atoms with E-state index in [1.807, 2.05) is 0 Å². The summed E-state index contributed by atoms with van der Waals surface area (Å²) in [6, 6.07) is 12.7. The molecule has 0 aromatic heterocycles. The van der Waals surface area contributed by atoms with Gasteiger partial charge in [-0.2, -0.15) is 0 Å². The molecule has 8 heteroatoms. The number of halogens is 2. The van der Waals surface area contributed by atoms with Crippen LogP contribution >= 0.6 is 0 Å². The summed E-state index contributed by atoms with van der Waals surface area (Å²) in [6.07, 6.45) is 0.991. The van der Waals surface area contributed by atoms with Crippen LogP contribution in [0.15, 0.2) is 48.5 Å². The zero-order chi connectivity index (χ0) is 23.3.